The lowest BCUT2D eigenvalue weighted by molar-refractivity contribution is 0.469. The quantitative estimate of drug-likeness (QED) is 0.840. The summed E-state index contributed by atoms with van der Waals surface area (Å²) < 4.78 is 16.4. The molecule has 21 heavy (non-hydrogen) atoms. The van der Waals surface area contributed by atoms with Gasteiger partial charge in [0.25, 0.3) is 0 Å². The normalized spacial score (nSPS) is 14.1. The van der Waals surface area contributed by atoms with Crippen LogP contribution in [0.5, 0.6) is 0 Å². The number of hydrogen-bond donors (Lipinski definition) is 1. The van der Waals surface area contributed by atoms with Crippen LogP contribution in [0.25, 0.3) is 0 Å². The fourth-order valence-corrected chi connectivity index (χ4v) is 2.80. The Morgan fingerprint density at radius 2 is 2.14 bits per heavy atom. The van der Waals surface area contributed by atoms with E-state index in [2.05, 4.69) is 40.2 Å². The predicted octanol–water partition coefficient (Wildman–Crippen LogP) is 4.26. The third-order valence-electron chi connectivity index (χ3n) is 3.80. The number of likely N-dealkylation sites (N-methyl/N-ethyl adjacent to an activating group) is 1. The Balaban J connectivity index is 2.19. The molecule has 0 amide bonds. The van der Waals surface area contributed by atoms with Crippen molar-refractivity contribution in [1.29, 1.82) is 0 Å². The minimum absolute atomic E-state index is 0.0235. The van der Waals surface area contributed by atoms with Crippen LogP contribution >= 0.6 is 15.9 Å². The van der Waals surface area contributed by atoms with Crippen LogP contribution in [-0.2, 0) is 6.42 Å². The standard InChI is InChI=1S/C16H21BrFN3/c1-4-11(2)21-8-7-13(20-21)10-16(19-3)14-9-12(18)5-6-15(14)17/h5-9,11,16,19H,4,10H2,1-3H3. The summed E-state index contributed by atoms with van der Waals surface area (Å²) in [6.45, 7) is 4.29. The van der Waals surface area contributed by atoms with Crippen LogP contribution < -0.4 is 5.32 Å². The summed E-state index contributed by atoms with van der Waals surface area (Å²) in [7, 11) is 1.88. The van der Waals surface area contributed by atoms with Crippen LogP contribution in [0.15, 0.2) is 34.9 Å². The van der Waals surface area contributed by atoms with Crippen LogP contribution in [0.2, 0.25) is 0 Å². The molecule has 2 aromatic rings. The van der Waals surface area contributed by atoms with Gasteiger partial charge < -0.3 is 5.32 Å². The number of hydrogen-bond acceptors (Lipinski definition) is 2. The van der Waals surface area contributed by atoms with Gasteiger partial charge in [-0.05, 0) is 50.2 Å². The van der Waals surface area contributed by atoms with Gasteiger partial charge in [-0.1, -0.05) is 22.9 Å². The maximum atomic E-state index is 13.5. The largest absolute Gasteiger partial charge is 0.313 e. The molecular weight excluding hydrogens is 333 g/mol. The Morgan fingerprint density at radius 3 is 2.81 bits per heavy atom. The number of nitrogens with zero attached hydrogens (tertiary/aromatic N) is 2. The third-order valence-corrected chi connectivity index (χ3v) is 4.52. The van der Waals surface area contributed by atoms with E-state index < -0.39 is 0 Å². The van der Waals surface area contributed by atoms with Crippen LogP contribution in [0.4, 0.5) is 4.39 Å². The molecule has 0 fully saturated rings. The molecule has 0 bridgehead atoms. The van der Waals surface area contributed by atoms with Crippen molar-refractivity contribution in [2.75, 3.05) is 7.05 Å². The molecule has 0 spiro atoms. The molecule has 1 aromatic heterocycles. The topological polar surface area (TPSA) is 29.9 Å². The zero-order valence-electron chi connectivity index (χ0n) is 12.6. The summed E-state index contributed by atoms with van der Waals surface area (Å²) in [5, 5.41) is 7.86. The summed E-state index contributed by atoms with van der Waals surface area (Å²) in [6.07, 6.45) is 3.78. The maximum Gasteiger partial charge on any atom is 0.123 e. The molecule has 5 heteroatoms. The molecule has 0 radical (unpaired) electrons. The molecule has 2 rings (SSSR count). The monoisotopic (exact) mass is 353 g/mol. The fraction of sp³-hybridized carbons (Fsp3) is 0.438. The summed E-state index contributed by atoms with van der Waals surface area (Å²) >= 11 is 3.49. The van der Waals surface area contributed by atoms with Crippen molar-refractivity contribution >= 4 is 15.9 Å². The Hall–Kier alpha value is -1.20. The summed E-state index contributed by atoms with van der Waals surface area (Å²) in [6, 6.07) is 7.22. The molecule has 1 N–H and O–H groups in total. The summed E-state index contributed by atoms with van der Waals surface area (Å²) in [5.41, 5.74) is 1.92. The van der Waals surface area contributed by atoms with E-state index >= 15 is 0 Å². The van der Waals surface area contributed by atoms with Gasteiger partial charge in [-0.2, -0.15) is 5.10 Å². The molecule has 3 nitrogen and oxygen atoms in total. The Labute approximate surface area is 133 Å². The lowest BCUT2D eigenvalue weighted by atomic mass is 10.0. The average Bonchev–Trinajstić information content (AvgIpc) is 2.95. The van der Waals surface area contributed by atoms with E-state index in [1.807, 2.05) is 24.0 Å². The first-order valence-corrected chi connectivity index (χ1v) is 8.00. The summed E-state index contributed by atoms with van der Waals surface area (Å²) in [4.78, 5) is 0. The highest BCUT2D eigenvalue weighted by atomic mass is 79.9. The Kier molecular flexibility index (Phi) is 5.53. The molecular formula is C16H21BrFN3. The first kappa shape index (κ1) is 16.2. The van der Waals surface area contributed by atoms with Crippen LogP contribution in [0.1, 0.15) is 43.6 Å². The molecule has 2 atom stereocenters. The van der Waals surface area contributed by atoms with Gasteiger partial charge in [0.2, 0.25) is 0 Å². The second-order valence-corrected chi connectivity index (χ2v) is 6.11. The van der Waals surface area contributed by atoms with E-state index in [4.69, 9.17) is 0 Å². The Bertz CT molecular complexity index is 597. The fourth-order valence-electron chi connectivity index (χ4n) is 2.28. The van der Waals surface area contributed by atoms with E-state index in [9.17, 15) is 4.39 Å². The number of rotatable bonds is 6. The van der Waals surface area contributed by atoms with E-state index in [1.165, 1.54) is 6.07 Å². The van der Waals surface area contributed by atoms with Crippen LogP contribution in [0, 0.1) is 5.82 Å². The van der Waals surface area contributed by atoms with E-state index in [0.29, 0.717) is 6.04 Å². The molecule has 0 saturated heterocycles. The zero-order valence-corrected chi connectivity index (χ0v) is 14.2. The second-order valence-electron chi connectivity index (χ2n) is 5.26. The minimum atomic E-state index is -0.224. The number of nitrogens with one attached hydrogen (secondary N) is 1. The van der Waals surface area contributed by atoms with E-state index in [0.717, 1.165) is 28.6 Å². The second kappa shape index (κ2) is 7.18. The maximum absolute atomic E-state index is 13.5. The number of benzene rings is 1. The van der Waals surface area contributed by atoms with Gasteiger partial charge in [-0.15, -0.1) is 0 Å². The highest BCUT2D eigenvalue weighted by molar-refractivity contribution is 9.10. The average molecular weight is 354 g/mol. The third kappa shape index (κ3) is 3.92. The lowest BCUT2D eigenvalue weighted by Gasteiger charge is -2.17. The van der Waals surface area contributed by atoms with Crippen molar-refractivity contribution in [3.63, 3.8) is 0 Å². The van der Waals surface area contributed by atoms with Crippen LogP contribution in [0.3, 0.4) is 0 Å². The van der Waals surface area contributed by atoms with E-state index in [-0.39, 0.29) is 11.9 Å². The smallest absolute Gasteiger partial charge is 0.123 e. The Morgan fingerprint density at radius 1 is 1.38 bits per heavy atom. The van der Waals surface area contributed by atoms with Crippen molar-refractivity contribution in [2.24, 2.45) is 0 Å². The van der Waals surface area contributed by atoms with Gasteiger partial charge in [-0.25, -0.2) is 4.39 Å². The van der Waals surface area contributed by atoms with Gasteiger partial charge in [-0.3, -0.25) is 4.68 Å². The van der Waals surface area contributed by atoms with Crippen molar-refractivity contribution in [3.05, 3.63) is 52.0 Å². The first-order chi connectivity index (χ1) is 10.0. The van der Waals surface area contributed by atoms with Crippen molar-refractivity contribution in [2.45, 2.75) is 38.8 Å². The van der Waals surface area contributed by atoms with Crippen molar-refractivity contribution < 1.29 is 4.39 Å². The van der Waals surface area contributed by atoms with Gasteiger partial charge in [0.1, 0.15) is 5.82 Å². The van der Waals surface area contributed by atoms with Gasteiger partial charge in [0.15, 0.2) is 0 Å². The van der Waals surface area contributed by atoms with Gasteiger partial charge in [0, 0.05) is 29.2 Å². The number of aromatic nitrogens is 2. The van der Waals surface area contributed by atoms with Gasteiger partial charge in [0.05, 0.1) is 5.69 Å². The highest BCUT2D eigenvalue weighted by Crippen LogP contribution is 2.26. The molecule has 0 aliphatic carbocycles. The molecule has 0 saturated carbocycles. The molecule has 114 valence electrons. The molecule has 0 aliphatic rings. The zero-order chi connectivity index (χ0) is 15.4. The van der Waals surface area contributed by atoms with Crippen molar-refractivity contribution in [3.8, 4) is 0 Å². The lowest BCUT2D eigenvalue weighted by Crippen LogP contribution is -2.20. The highest BCUT2D eigenvalue weighted by Gasteiger charge is 2.16. The number of halogens is 2. The minimum Gasteiger partial charge on any atom is -0.313 e. The first-order valence-electron chi connectivity index (χ1n) is 7.21. The molecule has 1 heterocycles. The van der Waals surface area contributed by atoms with Gasteiger partial charge >= 0.3 is 0 Å². The van der Waals surface area contributed by atoms with Crippen LogP contribution in [-0.4, -0.2) is 16.8 Å². The molecule has 0 aliphatic heterocycles. The SMILES string of the molecule is CCC(C)n1ccc(CC(NC)c2cc(F)ccc2Br)n1. The van der Waals surface area contributed by atoms with Crippen molar-refractivity contribution in [1.82, 2.24) is 15.1 Å². The summed E-state index contributed by atoms with van der Waals surface area (Å²) in [5.74, 6) is -0.224. The predicted molar refractivity (Wildman–Crippen MR) is 86.8 cm³/mol. The molecule has 2 unspecified atom stereocenters. The van der Waals surface area contributed by atoms with E-state index in [1.54, 1.807) is 12.1 Å². The molecule has 1 aromatic carbocycles.